The van der Waals surface area contributed by atoms with Gasteiger partial charge in [0.25, 0.3) is 0 Å². The van der Waals surface area contributed by atoms with Crippen LogP contribution >= 0.6 is 11.3 Å². The molecule has 3 rings (SSSR count). The van der Waals surface area contributed by atoms with Crippen LogP contribution in [0, 0.1) is 6.92 Å². The van der Waals surface area contributed by atoms with Crippen LogP contribution in [-0.4, -0.2) is 18.3 Å². The highest BCUT2D eigenvalue weighted by Gasteiger charge is 2.18. The van der Waals surface area contributed by atoms with Crippen molar-refractivity contribution < 1.29 is 9.47 Å². The highest BCUT2D eigenvalue weighted by molar-refractivity contribution is 7.15. The number of rotatable bonds is 5. The molecule has 1 aromatic carbocycles. The average Bonchev–Trinajstić information content (AvgIpc) is 3.10. The molecule has 0 radical (unpaired) electrons. The second kappa shape index (κ2) is 6.03. The molecule has 2 aromatic rings. The molecule has 21 heavy (non-hydrogen) atoms. The van der Waals surface area contributed by atoms with Gasteiger partial charge in [-0.15, -0.1) is 11.3 Å². The summed E-state index contributed by atoms with van der Waals surface area (Å²) in [7, 11) is 0. The number of nitrogens with zero attached hydrogens (tertiary/aromatic N) is 1. The first-order chi connectivity index (χ1) is 10.2. The lowest BCUT2D eigenvalue weighted by Crippen LogP contribution is -2.18. The van der Waals surface area contributed by atoms with Crippen LogP contribution in [-0.2, 0) is 0 Å². The minimum atomic E-state index is 0.304. The molecule has 4 nitrogen and oxygen atoms in total. The first-order valence-electron chi connectivity index (χ1n) is 7.29. The number of ether oxygens (including phenoxy) is 2. The third kappa shape index (κ3) is 2.89. The number of hydrogen-bond acceptors (Lipinski definition) is 5. The standard InChI is InChI=1S/C16H20N2O2S/c1-4-7-17-10(2)15-11(3)18-16(21-15)12-5-6-13-14(8-12)20-9-19-13/h5-6,8,10,17H,4,7,9H2,1-3H3. The zero-order valence-corrected chi connectivity index (χ0v) is 13.4. The van der Waals surface area contributed by atoms with Crippen LogP contribution in [0.4, 0.5) is 0 Å². The highest BCUT2D eigenvalue weighted by Crippen LogP contribution is 2.38. The Labute approximate surface area is 129 Å². The molecule has 1 unspecified atom stereocenters. The third-order valence-corrected chi connectivity index (χ3v) is 4.94. The van der Waals surface area contributed by atoms with E-state index in [9.17, 15) is 0 Å². The Balaban J connectivity index is 1.86. The summed E-state index contributed by atoms with van der Waals surface area (Å²) in [6.07, 6.45) is 1.14. The number of hydrogen-bond donors (Lipinski definition) is 1. The minimum absolute atomic E-state index is 0.304. The number of aryl methyl sites for hydroxylation is 1. The first kappa shape index (κ1) is 14.4. The summed E-state index contributed by atoms with van der Waals surface area (Å²) < 4.78 is 10.8. The van der Waals surface area contributed by atoms with Crippen LogP contribution in [0.15, 0.2) is 18.2 Å². The number of benzene rings is 1. The Morgan fingerprint density at radius 3 is 2.95 bits per heavy atom. The van der Waals surface area contributed by atoms with Crippen molar-refractivity contribution in [2.24, 2.45) is 0 Å². The van der Waals surface area contributed by atoms with Crippen molar-refractivity contribution in [3.05, 3.63) is 28.8 Å². The lowest BCUT2D eigenvalue weighted by atomic mass is 10.2. The summed E-state index contributed by atoms with van der Waals surface area (Å²) >= 11 is 1.75. The topological polar surface area (TPSA) is 43.4 Å². The van der Waals surface area contributed by atoms with Gasteiger partial charge in [0.15, 0.2) is 11.5 Å². The molecule has 0 saturated heterocycles. The van der Waals surface area contributed by atoms with Crippen LogP contribution in [0.3, 0.4) is 0 Å². The number of thiazole rings is 1. The molecule has 0 saturated carbocycles. The quantitative estimate of drug-likeness (QED) is 0.909. The smallest absolute Gasteiger partial charge is 0.231 e. The second-order valence-electron chi connectivity index (χ2n) is 5.21. The Morgan fingerprint density at radius 2 is 2.14 bits per heavy atom. The Kier molecular flexibility index (Phi) is 4.12. The van der Waals surface area contributed by atoms with E-state index in [4.69, 9.17) is 14.5 Å². The molecule has 0 fully saturated rings. The SMILES string of the molecule is CCCNC(C)c1sc(-c2ccc3c(c2)OCO3)nc1C. The lowest BCUT2D eigenvalue weighted by molar-refractivity contribution is 0.174. The van der Waals surface area contributed by atoms with Gasteiger partial charge in [0.1, 0.15) is 5.01 Å². The van der Waals surface area contributed by atoms with Gasteiger partial charge in [-0.2, -0.15) is 0 Å². The first-order valence-corrected chi connectivity index (χ1v) is 8.11. The van der Waals surface area contributed by atoms with Crippen molar-refractivity contribution >= 4 is 11.3 Å². The highest BCUT2D eigenvalue weighted by atomic mass is 32.1. The van der Waals surface area contributed by atoms with Gasteiger partial charge >= 0.3 is 0 Å². The van der Waals surface area contributed by atoms with E-state index in [0.717, 1.165) is 40.7 Å². The van der Waals surface area contributed by atoms with Crippen LogP contribution in [0.1, 0.15) is 36.9 Å². The molecular formula is C16H20N2O2S. The van der Waals surface area contributed by atoms with Crippen molar-refractivity contribution in [3.8, 4) is 22.1 Å². The molecule has 1 aliphatic heterocycles. The fourth-order valence-corrected chi connectivity index (χ4v) is 3.51. The predicted octanol–water partition coefficient (Wildman–Crippen LogP) is 3.91. The van der Waals surface area contributed by atoms with Crippen LogP contribution in [0.25, 0.3) is 10.6 Å². The molecule has 1 aliphatic rings. The van der Waals surface area contributed by atoms with Gasteiger partial charge in [-0.1, -0.05) is 6.92 Å². The number of aromatic nitrogens is 1. The molecular weight excluding hydrogens is 284 g/mol. The Morgan fingerprint density at radius 1 is 1.33 bits per heavy atom. The fraction of sp³-hybridized carbons (Fsp3) is 0.438. The van der Waals surface area contributed by atoms with E-state index in [0.29, 0.717) is 12.8 Å². The monoisotopic (exact) mass is 304 g/mol. The van der Waals surface area contributed by atoms with Crippen LogP contribution in [0.5, 0.6) is 11.5 Å². The van der Waals surface area contributed by atoms with Crippen molar-refractivity contribution in [2.45, 2.75) is 33.2 Å². The molecule has 2 heterocycles. The second-order valence-corrected chi connectivity index (χ2v) is 6.24. The summed E-state index contributed by atoms with van der Waals surface area (Å²) in [5, 5.41) is 4.55. The Hall–Kier alpha value is -1.59. The normalized spacial score (nSPS) is 14.4. The van der Waals surface area contributed by atoms with Gasteiger partial charge in [0.05, 0.1) is 5.69 Å². The number of fused-ring (bicyclic) bond motifs is 1. The van der Waals surface area contributed by atoms with E-state index in [1.165, 1.54) is 4.88 Å². The fourth-order valence-electron chi connectivity index (χ4n) is 2.42. The number of nitrogens with one attached hydrogen (secondary N) is 1. The minimum Gasteiger partial charge on any atom is -0.454 e. The van der Waals surface area contributed by atoms with Gasteiger partial charge in [-0.25, -0.2) is 4.98 Å². The molecule has 0 bridgehead atoms. The summed E-state index contributed by atoms with van der Waals surface area (Å²) in [5.41, 5.74) is 2.19. The van der Waals surface area contributed by atoms with E-state index >= 15 is 0 Å². The van der Waals surface area contributed by atoms with E-state index in [-0.39, 0.29) is 0 Å². The summed E-state index contributed by atoms with van der Waals surface area (Å²) in [5.74, 6) is 1.62. The molecule has 0 aliphatic carbocycles. The zero-order chi connectivity index (χ0) is 14.8. The van der Waals surface area contributed by atoms with E-state index < -0.39 is 0 Å². The van der Waals surface area contributed by atoms with E-state index in [2.05, 4.69) is 26.1 Å². The van der Waals surface area contributed by atoms with Gasteiger partial charge in [-0.05, 0) is 45.0 Å². The lowest BCUT2D eigenvalue weighted by Gasteiger charge is -2.11. The summed E-state index contributed by atoms with van der Waals surface area (Å²) in [6, 6.07) is 6.34. The largest absolute Gasteiger partial charge is 0.454 e. The molecule has 0 spiro atoms. The molecule has 1 N–H and O–H groups in total. The van der Waals surface area contributed by atoms with Gasteiger partial charge in [0.2, 0.25) is 6.79 Å². The van der Waals surface area contributed by atoms with Gasteiger partial charge < -0.3 is 14.8 Å². The summed E-state index contributed by atoms with van der Waals surface area (Å²) in [4.78, 5) is 6.02. The van der Waals surface area contributed by atoms with Gasteiger partial charge in [0, 0.05) is 16.5 Å². The maximum Gasteiger partial charge on any atom is 0.231 e. The van der Waals surface area contributed by atoms with Crippen molar-refractivity contribution in [3.63, 3.8) is 0 Å². The van der Waals surface area contributed by atoms with E-state index in [1.807, 2.05) is 18.2 Å². The maximum atomic E-state index is 5.44. The van der Waals surface area contributed by atoms with Gasteiger partial charge in [-0.3, -0.25) is 0 Å². The molecule has 1 aromatic heterocycles. The third-order valence-electron chi connectivity index (χ3n) is 3.55. The molecule has 5 heteroatoms. The average molecular weight is 304 g/mol. The van der Waals surface area contributed by atoms with Crippen molar-refractivity contribution in [1.29, 1.82) is 0 Å². The Bertz CT molecular complexity index is 639. The van der Waals surface area contributed by atoms with Crippen molar-refractivity contribution in [2.75, 3.05) is 13.3 Å². The van der Waals surface area contributed by atoms with E-state index in [1.54, 1.807) is 11.3 Å². The molecule has 1 atom stereocenters. The predicted molar refractivity (Wildman–Crippen MR) is 85.1 cm³/mol. The summed E-state index contributed by atoms with van der Waals surface area (Å²) in [6.45, 7) is 7.78. The van der Waals surface area contributed by atoms with Crippen molar-refractivity contribution in [1.82, 2.24) is 10.3 Å². The maximum absolute atomic E-state index is 5.44. The zero-order valence-electron chi connectivity index (χ0n) is 12.6. The van der Waals surface area contributed by atoms with Crippen LogP contribution < -0.4 is 14.8 Å². The molecule has 112 valence electrons. The van der Waals surface area contributed by atoms with Crippen LogP contribution in [0.2, 0.25) is 0 Å². The molecule has 0 amide bonds.